The predicted octanol–water partition coefficient (Wildman–Crippen LogP) is 2.83. The van der Waals surface area contributed by atoms with E-state index in [1.165, 1.54) is 25.7 Å². The molecular formula is C13H20ClN3. The first-order valence-electron chi connectivity index (χ1n) is 6.25. The van der Waals surface area contributed by atoms with Gasteiger partial charge in [0.2, 0.25) is 0 Å². The van der Waals surface area contributed by atoms with Crippen molar-refractivity contribution in [3.63, 3.8) is 0 Å². The molecule has 1 aromatic heterocycles. The SMILES string of the molecule is CNCc1nc(N(C)C2CCCC2)ccc1Cl. The molecule has 2 rings (SSSR count). The van der Waals surface area contributed by atoms with Crippen molar-refractivity contribution in [2.45, 2.75) is 38.3 Å². The van der Waals surface area contributed by atoms with E-state index in [-0.39, 0.29) is 0 Å². The Kier molecular flexibility index (Phi) is 4.24. The first kappa shape index (κ1) is 12.7. The zero-order valence-electron chi connectivity index (χ0n) is 10.5. The molecule has 1 aromatic rings. The first-order chi connectivity index (χ1) is 8.22. The highest BCUT2D eigenvalue weighted by Gasteiger charge is 2.20. The van der Waals surface area contributed by atoms with Gasteiger partial charge in [-0.05, 0) is 32.0 Å². The van der Waals surface area contributed by atoms with Crippen LogP contribution in [0.3, 0.4) is 0 Å². The maximum atomic E-state index is 6.12. The Morgan fingerprint density at radius 1 is 1.41 bits per heavy atom. The van der Waals surface area contributed by atoms with Crippen LogP contribution in [0.1, 0.15) is 31.4 Å². The maximum Gasteiger partial charge on any atom is 0.128 e. The van der Waals surface area contributed by atoms with Crippen LogP contribution >= 0.6 is 11.6 Å². The fourth-order valence-electron chi connectivity index (χ4n) is 2.44. The smallest absolute Gasteiger partial charge is 0.128 e. The van der Waals surface area contributed by atoms with Gasteiger partial charge in [0.15, 0.2) is 0 Å². The lowest BCUT2D eigenvalue weighted by Crippen LogP contribution is -2.29. The van der Waals surface area contributed by atoms with Crippen LogP contribution in [0.25, 0.3) is 0 Å². The number of aromatic nitrogens is 1. The molecule has 1 aliphatic carbocycles. The van der Waals surface area contributed by atoms with Gasteiger partial charge >= 0.3 is 0 Å². The normalized spacial score (nSPS) is 16.4. The van der Waals surface area contributed by atoms with E-state index >= 15 is 0 Å². The van der Waals surface area contributed by atoms with E-state index in [0.717, 1.165) is 16.5 Å². The standard InChI is InChI=1S/C13H20ClN3/c1-15-9-12-11(14)7-8-13(16-12)17(2)10-5-3-4-6-10/h7-8,10,15H,3-6,9H2,1-2H3. The van der Waals surface area contributed by atoms with Gasteiger partial charge < -0.3 is 10.2 Å². The Balaban J connectivity index is 2.16. The molecule has 0 amide bonds. The highest BCUT2D eigenvalue weighted by Crippen LogP contribution is 2.27. The molecule has 17 heavy (non-hydrogen) atoms. The molecule has 0 aromatic carbocycles. The molecule has 94 valence electrons. The summed E-state index contributed by atoms with van der Waals surface area (Å²) in [6, 6.07) is 4.60. The number of nitrogens with zero attached hydrogens (tertiary/aromatic N) is 2. The van der Waals surface area contributed by atoms with Crippen molar-refractivity contribution in [3.8, 4) is 0 Å². The number of rotatable bonds is 4. The number of nitrogens with one attached hydrogen (secondary N) is 1. The summed E-state index contributed by atoms with van der Waals surface area (Å²) in [6.45, 7) is 0.713. The molecule has 0 aliphatic heterocycles. The lowest BCUT2D eigenvalue weighted by atomic mass is 10.2. The zero-order chi connectivity index (χ0) is 12.3. The summed E-state index contributed by atoms with van der Waals surface area (Å²) in [4.78, 5) is 6.93. The van der Waals surface area contributed by atoms with Crippen molar-refractivity contribution < 1.29 is 0 Å². The molecule has 1 aliphatic rings. The summed E-state index contributed by atoms with van der Waals surface area (Å²) in [5, 5.41) is 3.83. The Morgan fingerprint density at radius 2 is 2.12 bits per heavy atom. The number of anilines is 1. The van der Waals surface area contributed by atoms with Gasteiger partial charge in [-0.3, -0.25) is 0 Å². The highest BCUT2D eigenvalue weighted by atomic mass is 35.5. The van der Waals surface area contributed by atoms with Crippen molar-refractivity contribution >= 4 is 17.4 Å². The van der Waals surface area contributed by atoms with Crippen molar-refractivity contribution in [1.29, 1.82) is 0 Å². The number of hydrogen-bond acceptors (Lipinski definition) is 3. The summed E-state index contributed by atoms with van der Waals surface area (Å²) < 4.78 is 0. The number of halogens is 1. The highest BCUT2D eigenvalue weighted by molar-refractivity contribution is 6.31. The Bertz CT molecular complexity index is 375. The van der Waals surface area contributed by atoms with Gasteiger partial charge in [0.1, 0.15) is 5.82 Å². The second kappa shape index (κ2) is 5.69. The summed E-state index contributed by atoms with van der Waals surface area (Å²) >= 11 is 6.12. The van der Waals surface area contributed by atoms with Gasteiger partial charge in [-0.2, -0.15) is 0 Å². The fraction of sp³-hybridized carbons (Fsp3) is 0.615. The van der Waals surface area contributed by atoms with Crippen molar-refractivity contribution in [1.82, 2.24) is 10.3 Å². The molecule has 3 nitrogen and oxygen atoms in total. The quantitative estimate of drug-likeness (QED) is 0.895. The topological polar surface area (TPSA) is 28.2 Å². The van der Waals surface area contributed by atoms with Crippen LogP contribution in [0.5, 0.6) is 0 Å². The molecule has 1 N–H and O–H groups in total. The summed E-state index contributed by atoms with van der Waals surface area (Å²) in [5.41, 5.74) is 0.927. The number of pyridine rings is 1. The van der Waals surface area contributed by atoms with Crippen LogP contribution in [0.15, 0.2) is 12.1 Å². The van der Waals surface area contributed by atoms with Crippen molar-refractivity contribution in [3.05, 3.63) is 22.8 Å². The van der Waals surface area contributed by atoms with Gasteiger partial charge in [-0.1, -0.05) is 24.4 Å². The van der Waals surface area contributed by atoms with Gasteiger partial charge in [-0.25, -0.2) is 4.98 Å². The Labute approximate surface area is 108 Å². The first-order valence-corrected chi connectivity index (χ1v) is 6.63. The van der Waals surface area contributed by atoms with Crippen LogP contribution in [-0.2, 0) is 6.54 Å². The van der Waals surface area contributed by atoms with E-state index in [9.17, 15) is 0 Å². The van der Waals surface area contributed by atoms with Crippen molar-refractivity contribution in [2.24, 2.45) is 0 Å². The van der Waals surface area contributed by atoms with Crippen LogP contribution < -0.4 is 10.2 Å². The van der Waals surface area contributed by atoms with Gasteiger partial charge in [-0.15, -0.1) is 0 Å². The Morgan fingerprint density at radius 3 is 2.76 bits per heavy atom. The minimum Gasteiger partial charge on any atom is -0.357 e. The predicted molar refractivity (Wildman–Crippen MR) is 72.7 cm³/mol. The summed E-state index contributed by atoms with van der Waals surface area (Å²) in [7, 11) is 4.04. The van der Waals surface area contributed by atoms with Crippen LogP contribution in [0.4, 0.5) is 5.82 Å². The maximum absolute atomic E-state index is 6.12. The lowest BCUT2D eigenvalue weighted by molar-refractivity contribution is 0.644. The molecule has 0 atom stereocenters. The van der Waals surface area contributed by atoms with E-state index in [0.29, 0.717) is 12.6 Å². The minimum atomic E-state index is 0.645. The van der Waals surface area contributed by atoms with E-state index in [1.54, 1.807) is 0 Å². The second-order valence-corrected chi connectivity index (χ2v) is 5.08. The van der Waals surface area contributed by atoms with E-state index in [2.05, 4.69) is 22.2 Å². The van der Waals surface area contributed by atoms with E-state index in [1.807, 2.05) is 19.2 Å². The summed E-state index contributed by atoms with van der Waals surface area (Å²) in [6.07, 6.45) is 5.24. The Hall–Kier alpha value is -0.800. The molecule has 0 spiro atoms. The molecule has 0 saturated heterocycles. The van der Waals surface area contributed by atoms with Gasteiger partial charge in [0.25, 0.3) is 0 Å². The molecule has 1 saturated carbocycles. The minimum absolute atomic E-state index is 0.645. The summed E-state index contributed by atoms with van der Waals surface area (Å²) in [5.74, 6) is 1.03. The fourth-order valence-corrected chi connectivity index (χ4v) is 2.61. The molecule has 1 heterocycles. The van der Waals surface area contributed by atoms with E-state index in [4.69, 9.17) is 11.6 Å². The third-order valence-electron chi connectivity index (χ3n) is 3.48. The molecule has 0 unspecified atom stereocenters. The third-order valence-corrected chi connectivity index (χ3v) is 3.83. The second-order valence-electron chi connectivity index (χ2n) is 4.68. The van der Waals surface area contributed by atoms with Crippen LogP contribution in [-0.4, -0.2) is 25.1 Å². The van der Waals surface area contributed by atoms with Crippen LogP contribution in [0, 0.1) is 0 Å². The van der Waals surface area contributed by atoms with Crippen LogP contribution in [0.2, 0.25) is 5.02 Å². The monoisotopic (exact) mass is 253 g/mol. The van der Waals surface area contributed by atoms with Gasteiger partial charge in [0, 0.05) is 19.6 Å². The van der Waals surface area contributed by atoms with Gasteiger partial charge in [0.05, 0.1) is 10.7 Å². The average molecular weight is 254 g/mol. The molecule has 4 heteroatoms. The van der Waals surface area contributed by atoms with Crippen molar-refractivity contribution in [2.75, 3.05) is 19.0 Å². The molecular weight excluding hydrogens is 234 g/mol. The number of hydrogen-bond donors (Lipinski definition) is 1. The average Bonchev–Trinajstić information content (AvgIpc) is 2.85. The lowest BCUT2D eigenvalue weighted by Gasteiger charge is -2.26. The molecule has 0 radical (unpaired) electrons. The molecule has 0 bridgehead atoms. The van der Waals surface area contributed by atoms with E-state index < -0.39 is 0 Å². The zero-order valence-corrected chi connectivity index (χ0v) is 11.3. The third kappa shape index (κ3) is 2.90. The largest absolute Gasteiger partial charge is 0.357 e. The molecule has 1 fully saturated rings.